The predicted molar refractivity (Wildman–Crippen MR) is 142 cm³/mol. The Morgan fingerprint density at radius 2 is 1.11 bits per heavy atom. The molecule has 0 heterocycles. The molecule has 0 amide bonds. The van der Waals surface area contributed by atoms with E-state index in [9.17, 15) is 16.8 Å². The molecule has 0 unspecified atom stereocenters. The van der Waals surface area contributed by atoms with Crippen molar-refractivity contribution in [2.45, 2.75) is 9.79 Å². The fourth-order valence-corrected chi connectivity index (χ4v) is 9.17. The van der Waals surface area contributed by atoms with Crippen molar-refractivity contribution < 1.29 is 21.6 Å². The Morgan fingerprint density at radius 3 is 1.61 bits per heavy atom. The summed E-state index contributed by atoms with van der Waals surface area (Å²) in [4.78, 5) is 1.39. The quantitative estimate of drug-likeness (QED) is 0.277. The van der Waals surface area contributed by atoms with E-state index in [0.29, 0.717) is 15.0 Å². The monoisotopic (exact) mass is 585 g/mol. The third-order valence-electron chi connectivity index (χ3n) is 5.15. The van der Waals surface area contributed by atoms with Crippen LogP contribution in [0.15, 0.2) is 130 Å². The topological polar surface area (TPSA) is 80.8 Å². The average Bonchev–Trinajstić information content (AvgIpc) is 2.92. The second-order valence-corrected chi connectivity index (χ2v) is 13.3. The van der Waals surface area contributed by atoms with Crippen LogP contribution in [0.3, 0.4) is 0 Å². The summed E-state index contributed by atoms with van der Waals surface area (Å²) in [5.41, 5.74) is 0.348. The average molecular weight is 585 g/mol. The molecule has 0 saturated heterocycles. The number of rotatable bonds is 9. The Morgan fingerprint density at radius 1 is 0.667 bits per heavy atom. The molecule has 4 rings (SSSR count). The molecule has 0 saturated carbocycles. The second-order valence-electron chi connectivity index (χ2n) is 7.47. The Bertz CT molecular complexity index is 1490. The molecule has 0 aromatic heterocycles. The Hall–Kier alpha value is -3.36. The first-order valence-electron chi connectivity index (χ1n) is 10.8. The van der Waals surface area contributed by atoms with Crippen LogP contribution in [-0.4, -0.2) is 42.6 Å². The summed E-state index contributed by atoms with van der Waals surface area (Å²) < 4.78 is 63.2. The summed E-state index contributed by atoms with van der Waals surface area (Å²) in [7, 11) is -7.65. The fourth-order valence-electron chi connectivity index (χ4n) is 3.45. The van der Waals surface area contributed by atoms with E-state index in [1.54, 1.807) is 65.6 Å². The second kappa shape index (κ2) is 11.1. The van der Waals surface area contributed by atoms with Crippen molar-refractivity contribution in [1.29, 1.82) is 0 Å². The maximum atomic E-state index is 14.1. The van der Waals surface area contributed by atoms with Gasteiger partial charge in [0.1, 0.15) is 0 Å². The first kappa shape index (κ1) is 25.7. The van der Waals surface area contributed by atoms with Crippen molar-refractivity contribution in [2.24, 2.45) is 0 Å². The summed E-state index contributed by atoms with van der Waals surface area (Å²) in [6, 6.07) is 31.3. The van der Waals surface area contributed by atoms with Crippen molar-refractivity contribution >= 4 is 45.2 Å². The summed E-state index contributed by atoms with van der Waals surface area (Å²) in [5, 5.41) is 0. The van der Waals surface area contributed by atoms with Gasteiger partial charge < -0.3 is 0 Å². The number of ether oxygens (including phenoxy) is 1. The number of sulfonamides is 2. The van der Waals surface area contributed by atoms with E-state index >= 15 is 0 Å². The number of benzene rings is 4. The molecule has 4 aromatic rings. The van der Waals surface area contributed by atoms with Crippen LogP contribution in [0.4, 0.5) is 0 Å². The van der Waals surface area contributed by atoms with E-state index in [1.807, 2.05) is 30.3 Å². The van der Waals surface area contributed by atoms with Crippen LogP contribution in [0.1, 0.15) is 5.56 Å². The number of hydrogen-bond donors (Lipinski definition) is 0. The molecule has 0 bridgehead atoms. The number of nitrogens with zero attached hydrogens (tertiary/aromatic N) is 1. The van der Waals surface area contributed by atoms with Gasteiger partial charge in [-0.25, -0.2) is 0 Å². The van der Waals surface area contributed by atoms with Gasteiger partial charge >= 0.3 is 219 Å². The molecule has 0 fully saturated rings. The van der Waals surface area contributed by atoms with Gasteiger partial charge in [0.15, 0.2) is 0 Å². The first-order valence-corrected chi connectivity index (χ1v) is 15.5. The van der Waals surface area contributed by atoms with Crippen LogP contribution in [0.5, 0.6) is 5.75 Å². The van der Waals surface area contributed by atoms with E-state index in [2.05, 4.69) is 0 Å². The molecule has 6 nitrogen and oxygen atoms in total. The van der Waals surface area contributed by atoms with Crippen LogP contribution in [0.25, 0.3) is 5.70 Å². The molecule has 184 valence electrons. The molecule has 4 aromatic carbocycles. The van der Waals surface area contributed by atoms with Crippen LogP contribution in [0.2, 0.25) is 0 Å². The maximum absolute atomic E-state index is 14.1. The van der Waals surface area contributed by atoms with E-state index in [-0.39, 0.29) is 15.5 Å². The van der Waals surface area contributed by atoms with Gasteiger partial charge in [0, 0.05) is 0 Å². The van der Waals surface area contributed by atoms with Crippen molar-refractivity contribution in [3.05, 3.63) is 126 Å². The van der Waals surface area contributed by atoms with Crippen LogP contribution in [0, 0.1) is 0 Å². The van der Waals surface area contributed by atoms with Crippen molar-refractivity contribution in [3.63, 3.8) is 0 Å². The van der Waals surface area contributed by atoms with Crippen molar-refractivity contribution in [1.82, 2.24) is 3.71 Å². The summed E-state index contributed by atoms with van der Waals surface area (Å²) in [6.45, 7) is 0. The van der Waals surface area contributed by atoms with Gasteiger partial charge in [0.25, 0.3) is 0 Å². The van der Waals surface area contributed by atoms with Gasteiger partial charge in [-0.3, -0.25) is 0 Å². The molecule has 0 aliphatic carbocycles. The Labute approximate surface area is 218 Å². The zero-order valence-corrected chi connectivity index (χ0v) is 22.6. The van der Waals surface area contributed by atoms with E-state index in [0.717, 1.165) is 4.46 Å². The third-order valence-corrected chi connectivity index (χ3v) is 11.2. The minimum atomic E-state index is -4.55. The number of hydrogen-bond acceptors (Lipinski definition) is 5. The normalized spacial score (nSPS) is 12.2. The van der Waals surface area contributed by atoms with E-state index < -0.39 is 35.0 Å². The number of methoxy groups -OCH3 is 1. The Balaban J connectivity index is 2.02. The predicted octanol–water partition coefficient (Wildman–Crippen LogP) is 4.10. The molecule has 0 aliphatic rings. The SMILES string of the molecule is COc1ccccc1/C(=C\[Se]c1ccccc1)N(S(=O)(=O)c1ccccc1)S(=O)(=O)c1ccccc1. The molecule has 0 N–H and O–H groups in total. The van der Waals surface area contributed by atoms with Crippen LogP contribution < -0.4 is 9.20 Å². The van der Waals surface area contributed by atoms with Crippen LogP contribution >= 0.6 is 0 Å². The molecule has 0 radical (unpaired) electrons. The van der Waals surface area contributed by atoms with Gasteiger partial charge in [0.05, 0.1) is 0 Å². The minimum absolute atomic E-state index is 0.00371. The first-order chi connectivity index (χ1) is 17.4. The third kappa shape index (κ3) is 5.39. The van der Waals surface area contributed by atoms with Gasteiger partial charge in [-0.2, -0.15) is 0 Å². The van der Waals surface area contributed by atoms with Gasteiger partial charge in [-0.1, -0.05) is 0 Å². The molecular formula is C27H23NO5S2Se. The van der Waals surface area contributed by atoms with Crippen molar-refractivity contribution in [2.75, 3.05) is 7.11 Å². The molecule has 0 spiro atoms. The van der Waals surface area contributed by atoms with Gasteiger partial charge in [-0.05, 0) is 0 Å². The Kier molecular flexibility index (Phi) is 7.96. The molecule has 36 heavy (non-hydrogen) atoms. The molecule has 9 heteroatoms. The zero-order chi connectivity index (χ0) is 25.6. The summed E-state index contributed by atoms with van der Waals surface area (Å²) in [5.74, 6) is 0.351. The van der Waals surface area contributed by atoms with Crippen LogP contribution in [-0.2, 0) is 20.0 Å². The summed E-state index contributed by atoms with van der Waals surface area (Å²) >= 11 is -0.395. The van der Waals surface area contributed by atoms with Crippen molar-refractivity contribution in [3.8, 4) is 5.75 Å². The summed E-state index contributed by atoms with van der Waals surface area (Å²) in [6.07, 6.45) is 0. The van der Waals surface area contributed by atoms with Gasteiger partial charge in [-0.15, -0.1) is 0 Å². The fraction of sp³-hybridized carbons (Fsp3) is 0.0370. The van der Waals surface area contributed by atoms with E-state index in [4.69, 9.17) is 4.74 Å². The van der Waals surface area contributed by atoms with E-state index in [1.165, 1.54) is 31.4 Å². The zero-order valence-electron chi connectivity index (χ0n) is 19.3. The standard InChI is InChI=1S/C27H23NO5S2Se/c1-33-27-20-12-11-19-25(27)26(21-36-24-17-9-4-10-18-24)28(34(29,30)22-13-5-2-6-14-22)35(31,32)23-15-7-3-8-16-23/h2-21H,1H3/b26-21+. The number of para-hydroxylation sites is 1. The molecule has 0 aliphatic heterocycles. The molecular weight excluding hydrogens is 561 g/mol. The van der Waals surface area contributed by atoms with Gasteiger partial charge in [0.2, 0.25) is 0 Å². The molecule has 0 atom stereocenters.